The van der Waals surface area contributed by atoms with Crippen LogP contribution in [0.4, 0.5) is 0 Å². The first kappa shape index (κ1) is 22.8. The van der Waals surface area contributed by atoms with E-state index in [0.717, 1.165) is 23.7 Å². The highest BCUT2D eigenvalue weighted by atomic mass is 14.3. The molecule has 3 unspecified atom stereocenters. The second kappa shape index (κ2) is 14.4. The second-order valence-electron chi connectivity index (χ2n) is 5.69. The lowest BCUT2D eigenvalue weighted by molar-refractivity contribution is 0.290. The second-order valence-corrected chi connectivity index (χ2v) is 5.69. The fourth-order valence-corrected chi connectivity index (χ4v) is 3.03. The summed E-state index contributed by atoms with van der Waals surface area (Å²) in [5.41, 5.74) is 1.62. The molecule has 0 N–H and O–H groups in total. The van der Waals surface area contributed by atoms with Crippen LogP contribution in [-0.2, 0) is 0 Å². The van der Waals surface area contributed by atoms with Gasteiger partial charge >= 0.3 is 0 Å². The fraction of sp³-hybridized carbons (Fsp3) is 0.810. The van der Waals surface area contributed by atoms with Crippen LogP contribution in [-0.4, -0.2) is 0 Å². The van der Waals surface area contributed by atoms with E-state index in [2.05, 4.69) is 39.0 Å². The molecule has 0 saturated heterocycles. The van der Waals surface area contributed by atoms with E-state index in [1.807, 2.05) is 41.5 Å². The Kier molecular flexibility index (Phi) is 15.6. The van der Waals surface area contributed by atoms with Crippen LogP contribution in [0.25, 0.3) is 0 Å². The minimum Gasteiger partial charge on any atom is -0.0851 e. The van der Waals surface area contributed by atoms with Crippen LogP contribution in [0.2, 0.25) is 0 Å². The van der Waals surface area contributed by atoms with Crippen molar-refractivity contribution >= 4 is 0 Å². The highest BCUT2D eigenvalue weighted by Gasteiger charge is 2.26. The Morgan fingerprint density at radius 1 is 0.857 bits per heavy atom. The van der Waals surface area contributed by atoms with E-state index >= 15 is 0 Å². The van der Waals surface area contributed by atoms with Crippen molar-refractivity contribution in [3.05, 3.63) is 23.8 Å². The van der Waals surface area contributed by atoms with Crippen molar-refractivity contribution in [1.82, 2.24) is 0 Å². The molecule has 0 aromatic heterocycles. The Bertz CT molecular complexity index is 272. The molecular formula is C21H42. The van der Waals surface area contributed by atoms with Crippen LogP contribution < -0.4 is 0 Å². The van der Waals surface area contributed by atoms with E-state index in [4.69, 9.17) is 0 Å². The minimum absolute atomic E-state index is 0.787. The van der Waals surface area contributed by atoms with Crippen LogP contribution in [0.5, 0.6) is 0 Å². The zero-order valence-electron chi connectivity index (χ0n) is 16.4. The molecule has 126 valence electrons. The number of allylic oxidation sites excluding steroid dienone is 4. The van der Waals surface area contributed by atoms with Gasteiger partial charge in [0.1, 0.15) is 0 Å². The standard InChI is InChI=1S/C15H24.3C2H6/c1-11-5-4-6-14(9-11)15-8-7-12(2)13(3)10-15;3*1-2/h7-9,12-15H,4-6,10H2,1-3H3;3*1-2H3/t12-,13?,14?,15?;;;/m0.../s1. The SMILES string of the molecule is CC.CC.CC.CC1=CC(C2C=C[C@H](C)C(C)C2)CCC1. The van der Waals surface area contributed by atoms with Gasteiger partial charge in [-0.05, 0) is 56.3 Å². The summed E-state index contributed by atoms with van der Waals surface area (Å²) in [5.74, 6) is 3.32. The Labute approximate surface area is 136 Å². The molecule has 0 amide bonds. The van der Waals surface area contributed by atoms with Crippen molar-refractivity contribution in [3.8, 4) is 0 Å². The quantitative estimate of drug-likeness (QED) is 0.435. The zero-order valence-corrected chi connectivity index (χ0v) is 16.4. The fourth-order valence-electron chi connectivity index (χ4n) is 3.03. The topological polar surface area (TPSA) is 0 Å². The van der Waals surface area contributed by atoms with Crippen molar-refractivity contribution < 1.29 is 0 Å². The smallest absolute Gasteiger partial charge is 0.0168 e. The Morgan fingerprint density at radius 3 is 1.90 bits per heavy atom. The molecule has 2 rings (SSSR count). The van der Waals surface area contributed by atoms with Crippen LogP contribution in [0.3, 0.4) is 0 Å². The van der Waals surface area contributed by atoms with Crippen molar-refractivity contribution in [3.63, 3.8) is 0 Å². The molecule has 0 heterocycles. The van der Waals surface area contributed by atoms with Gasteiger partial charge in [-0.2, -0.15) is 0 Å². The summed E-state index contributed by atoms with van der Waals surface area (Å²) >= 11 is 0. The van der Waals surface area contributed by atoms with E-state index < -0.39 is 0 Å². The van der Waals surface area contributed by atoms with Gasteiger partial charge in [0, 0.05) is 0 Å². The van der Waals surface area contributed by atoms with Gasteiger partial charge in [0.2, 0.25) is 0 Å². The molecule has 0 nitrogen and oxygen atoms in total. The predicted molar refractivity (Wildman–Crippen MR) is 101 cm³/mol. The summed E-state index contributed by atoms with van der Waals surface area (Å²) in [4.78, 5) is 0. The average molecular weight is 295 g/mol. The van der Waals surface area contributed by atoms with Gasteiger partial charge in [-0.15, -0.1) is 0 Å². The highest BCUT2D eigenvalue weighted by molar-refractivity contribution is 5.11. The monoisotopic (exact) mass is 294 g/mol. The molecule has 2 aliphatic rings. The maximum atomic E-state index is 2.54. The number of hydrogen-bond acceptors (Lipinski definition) is 0. The number of rotatable bonds is 1. The van der Waals surface area contributed by atoms with Crippen molar-refractivity contribution in [2.24, 2.45) is 23.7 Å². The molecule has 0 spiro atoms. The molecule has 0 aromatic carbocycles. The van der Waals surface area contributed by atoms with E-state index in [0.29, 0.717) is 0 Å². The lowest BCUT2D eigenvalue weighted by Gasteiger charge is -2.33. The van der Waals surface area contributed by atoms with Gasteiger partial charge < -0.3 is 0 Å². The number of hydrogen-bond donors (Lipinski definition) is 0. The van der Waals surface area contributed by atoms with Crippen molar-refractivity contribution in [1.29, 1.82) is 0 Å². The normalized spacial score (nSPS) is 30.4. The van der Waals surface area contributed by atoms with E-state index in [1.165, 1.54) is 25.7 Å². The maximum absolute atomic E-state index is 2.54. The van der Waals surface area contributed by atoms with Gasteiger partial charge in [-0.1, -0.05) is 79.2 Å². The lowest BCUT2D eigenvalue weighted by Crippen LogP contribution is -2.22. The minimum atomic E-state index is 0.787. The summed E-state index contributed by atoms with van der Waals surface area (Å²) in [5, 5.41) is 0. The lowest BCUT2D eigenvalue weighted by atomic mass is 9.72. The molecule has 0 saturated carbocycles. The molecule has 2 aliphatic carbocycles. The van der Waals surface area contributed by atoms with Crippen LogP contribution in [0.15, 0.2) is 23.8 Å². The Morgan fingerprint density at radius 2 is 1.43 bits per heavy atom. The van der Waals surface area contributed by atoms with Crippen molar-refractivity contribution in [2.75, 3.05) is 0 Å². The van der Waals surface area contributed by atoms with Crippen LogP contribution in [0, 0.1) is 23.7 Å². The first-order valence-electron chi connectivity index (χ1n) is 9.52. The van der Waals surface area contributed by atoms with Gasteiger partial charge in [0.15, 0.2) is 0 Å². The summed E-state index contributed by atoms with van der Waals surface area (Å²) in [6, 6.07) is 0. The molecule has 4 atom stereocenters. The third-order valence-corrected chi connectivity index (χ3v) is 4.36. The molecule has 0 aliphatic heterocycles. The zero-order chi connectivity index (χ0) is 16.8. The molecular weight excluding hydrogens is 252 g/mol. The molecule has 0 aromatic rings. The summed E-state index contributed by atoms with van der Waals surface area (Å²) in [7, 11) is 0. The maximum Gasteiger partial charge on any atom is -0.0168 e. The van der Waals surface area contributed by atoms with Gasteiger partial charge in [-0.25, -0.2) is 0 Å². The molecule has 0 bridgehead atoms. The molecule has 21 heavy (non-hydrogen) atoms. The Balaban J connectivity index is 0. The van der Waals surface area contributed by atoms with Crippen LogP contribution in [0.1, 0.15) is 88.0 Å². The first-order chi connectivity index (χ1) is 10.2. The summed E-state index contributed by atoms with van der Waals surface area (Å²) in [6.45, 7) is 19.0. The van der Waals surface area contributed by atoms with Crippen LogP contribution >= 0.6 is 0 Å². The molecule has 0 radical (unpaired) electrons. The third kappa shape index (κ3) is 8.49. The largest absolute Gasteiger partial charge is 0.0851 e. The predicted octanol–water partition coefficient (Wildman–Crippen LogP) is 7.66. The van der Waals surface area contributed by atoms with Crippen molar-refractivity contribution in [2.45, 2.75) is 88.0 Å². The average Bonchev–Trinajstić information content (AvgIpc) is 2.56. The highest BCUT2D eigenvalue weighted by Crippen LogP contribution is 2.37. The van der Waals surface area contributed by atoms with Gasteiger partial charge in [-0.3, -0.25) is 0 Å². The van der Waals surface area contributed by atoms with E-state index in [-0.39, 0.29) is 0 Å². The summed E-state index contributed by atoms with van der Waals surface area (Å²) < 4.78 is 0. The molecule has 0 heteroatoms. The Hall–Kier alpha value is -0.520. The van der Waals surface area contributed by atoms with Gasteiger partial charge in [0.25, 0.3) is 0 Å². The molecule has 0 fully saturated rings. The van der Waals surface area contributed by atoms with E-state index in [1.54, 1.807) is 5.57 Å². The summed E-state index contributed by atoms with van der Waals surface area (Å²) in [6.07, 6.45) is 13.0. The first-order valence-corrected chi connectivity index (χ1v) is 9.52. The van der Waals surface area contributed by atoms with Gasteiger partial charge in [0.05, 0.1) is 0 Å². The van der Waals surface area contributed by atoms with E-state index in [9.17, 15) is 0 Å². The third-order valence-electron chi connectivity index (χ3n) is 4.36.